The molecule has 2 aliphatic rings. The fraction of sp³-hybridized carbons (Fsp3) is 0.300. The Bertz CT molecular complexity index is 1560. The van der Waals surface area contributed by atoms with Crippen molar-refractivity contribution in [2.75, 3.05) is 14.2 Å². The molecule has 7 heteroatoms. The Hall–Kier alpha value is -4.13. The van der Waals surface area contributed by atoms with Crippen LogP contribution in [0.15, 0.2) is 54.6 Å². The van der Waals surface area contributed by atoms with Crippen molar-refractivity contribution >= 4 is 39.6 Å². The summed E-state index contributed by atoms with van der Waals surface area (Å²) in [6, 6.07) is 16.3. The van der Waals surface area contributed by atoms with Crippen LogP contribution >= 0.6 is 0 Å². The average molecular weight is 497 g/mol. The fourth-order valence-electron chi connectivity index (χ4n) is 6.02. The molecule has 0 bridgehead atoms. The van der Waals surface area contributed by atoms with Crippen LogP contribution in [0.3, 0.4) is 0 Å². The molecule has 2 heterocycles. The third-order valence-corrected chi connectivity index (χ3v) is 7.78. The lowest BCUT2D eigenvalue weighted by Gasteiger charge is -2.30. The Balaban J connectivity index is 1.69. The number of nitrogens with zero attached hydrogens (tertiary/aromatic N) is 2. The maximum atomic E-state index is 14.0. The quantitative estimate of drug-likeness (QED) is 0.346. The second-order valence-electron chi connectivity index (χ2n) is 9.79. The highest BCUT2D eigenvalue weighted by molar-refractivity contribution is 6.27. The van der Waals surface area contributed by atoms with E-state index in [0.717, 1.165) is 31.2 Å². The number of rotatable bonds is 4. The summed E-state index contributed by atoms with van der Waals surface area (Å²) in [5, 5.41) is 1.29. The summed E-state index contributed by atoms with van der Waals surface area (Å²) in [7, 11) is 2.91. The van der Waals surface area contributed by atoms with E-state index in [-0.39, 0.29) is 23.4 Å². The number of esters is 1. The highest BCUT2D eigenvalue weighted by Crippen LogP contribution is 2.42. The van der Waals surface area contributed by atoms with Crippen molar-refractivity contribution in [1.82, 2.24) is 9.47 Å². The van der Waals surface area contributed by atoms with Crippen molar-refractivity contribution in [3.8, 4) is 5.75 Å². The molecular formula is C30H28N2O5. The molecule has 4 aromatic rings. The maximum absolute atomic E-state index is 14.0. The molecular weight excluding hydrogens is 468 g/mol. The molecule has 7 nitrogen and oxygen atoms in total. The van der Waals surface area contributed by atoms with Crippen LogP contribution in [0.5, 0.6) is 5.75 Å². The van der Waals surface area contributed by atoms with E-state index >= 15 is 0 Å². The molecule has 1 amide bonds. The van der Waals surface area contributed by atoms with Gasteiger partial charge in [-0.15, -0.1) is 0 Å². The van der Waals surface area contributed by atoms with E-state index in [4.69, 9.17) is 9.47 Å². The number of carbonyl (C=O) groups is 3. The number of ether oxygens (including phenoxy) is 2. The molecule has 0 N–H and O–H groups in total. The number of fused-ring (bicyclic) bond motifs is 5. The number of hydrogen-bond donors (Lipinski definition) is 0. The van der Waals surface area contributed by atoms with Gasteiger partial charge in [0.05, 0.1) is 36.4 Å². The highest BCUT2D eigenvalue weighted by Gasteiger charge is 2.38. The zero-order chi connectivity index (χ0) is 25.7. The Labute approximate surface area is 214 Å². The third-order valence-electron chi connectivity index (χ3n) is 7.78. The molecule has 1 aliphatic carbocycles. The van der Waals surface area contributed by atoms with E-state index in [0.29, 0.717) is 45.2 Å². The van der Waals surface area contributed by atoms with Crippen molar-refractivity contribution in [3.63, 3.8) is 0 Å². The summed E-state index contributed by atoms with van der Waals surface area (Å²) >= 11 is 0. The molecule has 1 aliphatic heterocycles. The van der Waals surface area contributed by atoms with Gasteiger partial charge in [-0.05, 0) is 54.8 Å². The summed E-state index contributed by atoms with van der Waals surface area (Å²) in [6.07, 6.45) is 5.37. The molecule has 1 aromatic heterocycles. The lowest BCUT2D eigenvalue weighted by Crippen LogP contribution is -2.36. The first-order valence-corrected chi connectivity index (χ1v) is 12.7. The van der Waals surface area contributed by atoms with Crippen molar-refractivity contribution in [3.05, 3.63) is 76.9 Å². The molecule has 0 unspecified atom stereocenters. The van der Waals surface area contributed by atoms with Crippen LogP contribution in [0.25, 0.3) is 21.8 Å². The predicted octanol–water partition coefficient (Wildman–Crippen LogP) is 5.57. The number of amides is 1. The maximum Gasteiger partial charge on any atom is 0.340 e. The Morgan fingerprint density at radius 3 is 2.41 bits per heavy atom. The van der Waals surface area contributed by atoms with Gasteiger partial charge in [0.25, 0.3) is 11.8 Å². The zero-order valence-electron chi connectivity index (χ0n) is 21.0. The molecule has 6 rings (SSSR count). The summed E-state index contributed by atoms with van der Waals surface area (Å²) < 4.78 is 12.2. The van der Waals surface area contributed by atoms with E-state index in [1.165, 1.54) is 13.5 Å². The van der Waals surface area contributed by atoms with E-state index in [1.807, 2.05) is 17.0 Å². The fourth-order valence-corrected chi connectivity index (χ4v) is 6.02. The van der Waals surface area contributed by atoms with Gasteiger partial charge >= 0.3 is 5.97 Å². The van der Waals surface area contributed by atoms with Gasteiger partial charge in [0, 0.05) is 28.9 Å². The minimum absolute atomic E-state index is 0.0441. The van der Waals surface area contributed by atoms with Gasteiger partial charge in [0.1, 0.15) is 5.75 Å². The van der Waals surface area contributed by atoms with Crippen LogP contribution < -0.4 is 4.74 Å². The van der Waals surface area contributed by atoms with Gasteiger partial charge in [-0.2, -0.15) is 0 Å². The molecule has 0 spiro atoms. The number of benzene rings is 3. The van der Waals surface area contributed by atoms with Gasteiger partial charge in [-0.1, -0.05) is 37.5 Å². The van der Waals surface area contributed by atoms with E-state index < -0.39 is 5.97 Å². The normalized spacial score (nSPS) is 15.8. The molecule has 0 saturated heterocycles. The Kier molecular flexibility index (Phi) is 5.71. The van der Waals surface area contributed by atoms with Crippen molar-refractivity contribution in [2.24, 2.45) is 0 Å². The molecule has 188 valence electrons. The van der Waals surface area contributed by atoms with Crippen LogP contribution in [0, 0.1) is 0 Å². The van der Waals surface area contributed by atoms with Crippen LogP contribution in [0.1, 0.15) is 68.7 Å². The van der Waals surface area contributed by atoms with Crippen LogP contribution in [0.2, 0.25) is 0 Å². The Morgan fingerprint density at radius 1 is 0.946 bits per heavy atom. The molecule has 37 heavy (non-hydrogen) atoms. The summed E-state index contributed by atoms with van der Waals surface area (Å²) in [5.41, 5.74) is 3.09. The van der Waals surface area contributed by atoms with Gasteiger partial charge in [0.15, 0.2) is 0 Å². The smallest absolute Gasteiger partial charge is 0.340 e. The highest BCUT2D eigenvalue weighted by atomic mass is 16.5. The molecule has 0 atom stereocenters. The minimum atomic E-state index is -0.548. The zero-order valence-corrected chi connectivity index (χ0v) is 21.0. The summed E-state index contributed by atoms with van der Waals surface area (Å²) in [5.74, 6) is -0.276. The topological polar surface area (TPSA) is 77.8 Å². The average Bonchev–Trinajstić information content (AvgIpc) is 3.46. The first-order valence-electron chi connectivity index (χ1n) is 12.7. The monoisotopic (exact) mass is 496 g/mol. The number of carbonyl (C=O) groups excluding carboxylic acids is 3. The minimum Gasteiger partial charge on any atom is -0.497 e. The van der Waals surface area contributed by atoms with Gasteiger partial charge < -0.3 is 14.4 Å². The number of hydrogen-bond acceptors (Lipinski definition) is 5. The van der Waals surface area contributed by atoms with Gasteiger partial charge in [0.2, 0.25) is 0 Å². The van der Waals surface area contributed by atoms with Crippen molar-refractivity contribution in [1.29, 1.82) is 0 Å². The predicted molar refractivity (Wildman–Crippen MR) is 140 cm³/mol. The standard InChI is InChI=1S/C30H28N2O5/c1-36-21-13-14-24-22(16-21)26-25-19(17-31(29(25)34)20-11-7-4-8-12-20)15-23(30(35)37-2)27(26)32(24)28(33)18-9-5-3-6-10-18/h3,5-6,9-10,13-16,20H,4,7-8,11-12,17H2,1-2H3. The summed E-state index contributed by atoms with van der Waals surface area (Å²) in [4.78, 5) is 43.0. The van der Waals surface area contributed by atoms with Gasteiger partial charge in [-0.3, -0.25) is 14.2 Å². The van der Waals surface area contributed by atoms with Gasteiger partial charge in [-0.25, -0.2) is 4.79 Å². The van der Waals surface area contributed by atoms with Crippen LogP contribution in [-0.4, -0.2) is 47.5 Å². The molecule has 3 aromatic carbocycles. The summed E-state index contributed by atoms with van der Waals surface area (Å²) in [6.45, 7) is 0.446. The first kappa shape index (κ1) is 23.3. The molecule has 1 fully saturated rings. The van der Waals surface area contributed by atoms with E-state index in [9.17, 15) is 14.4 Å². The lowest BCUT2D eigenvalue weighted by atomic mass is 9.94. The molecule has 0 radical (unpaired) electrons. The SMILES string of the molecule is COC(=O)c1cc2c(c3c4cc(OC)ccc4n(C(=O)c4ccccc4)c13)C(=O)N(C1CCCCC1)C2. The van der Waals surface area contributed by atoms with Crippen LogP contribution in [0.4, 0.5) is 0 Å². The third kappa shape index (κ3) is 3.60. The lowest BCUT2D eigenvalue weighted by molar-refractivity contribution is 0.0602. The van der Waals surface area contributed by atoms with E-state index in [2.05, 4.69) is 0 Å². The largest absolute Gasteiger partial charge is 0.497 e. The van der Waals surface area contributed by atoms with Crippen LogP contribution in [-0.2, 0) is 11.3 Å². The Morgan fingerprint density at radius 2 is 1.70 bits per heavy atom. The van der Waals surface area contributed by atoms with E-state index in [1.54, 1.807) is 54.1 Å². The first-order chi connectivity index (χ1) is 18.0. The molecule has 1 saturated carbocycles. The number of aromatic nitrogens is 1. The van der Waals surface area contributed by atoms with Crippen molar-refractivity contribution < 1.29 is 23.9 Å². The second kappa shape index (κ2) is 9.07. The second-order valence-corrected chi connectivity index (χ2v) is 9.79. The number of methoxy groups -OCH3 is 2. The van der Waals surface area contributed by atoms with Crippen molar-refractivity contribution in [2.45, 2.75) is 44.7 Å².